The van der Waals surface area contributed by atoms with Gasteiger partial charge in [0.1, 0.15) is 6.04 Å². The van der Waals surface area contributed by atoms with Crippen molar-refractivity contribution in [2.75, 3.05) is 25.5 Å². The van der Waals surface area contributed by atoms with Crippen molar-refractivity contribution in [2.24, 2.45) is 0 Å². The van der Waals surface area contributed by atoms with E-state index in [0.717, 1.165) is 11.1 Å². The molecule has 2 heterocycles. The van der Waals surface area contributed by atoms with Crippen molar-refractivity contribution in [1.29, 1.82) is 0 Å². The fraction of sp³-hybridized carbons (Fsp3) is 0.240. The van der Waals surface area contributed by atoms with Crippen molar-refractivity contribution in [3.63, 3.8) is 0 Å². The third-order valence-corrected chi connectivity index (χ3v) is 6.51. The molecule has 1 atom stereocenters. The predicted molar refractivity (Wildman–Crippen MR) is 127 cm³/mol. The molecule has 0 aliphatic carbocycles. The summed E-state index contributed by atoms with van der Waals surface area (Å²) in [6.45, 7) is 2.41. The summed E-state index contributed by atoms with van der Waals surface area (Å²) in [4.78, 5) is 42.1. The largest absolute Gasteiger partial charge is 0.342 e. The van der Waals surface area contributed by atoms with E-state index in [1.807, 2.05) is 23.6 Å². The molecule has 3 amide bonds. The van der Waals surface area contributed by atoms with Gasteiger partial charge >= 0.3 is 0 Å². The minimum atomic E-state index is -0.560. The van der Waals surface area contributed by atoms with Gasteiger partial charge in [0.25, 0.3) is 5.91 Å². The number of thiophene rings is 1. The van der Waals surface area contributed by atoms with Gasteiger partial charge in [0, 0.05) is 49.6 Å². The number of likely N-dealkylation sites (N-methyl/N-ethyl adjacent to an activating group) is 1. The molecule has 1 aromatic heterocycles. The molecule has 0 spiro atoms. The third-order valence-electron chi connectivity index (χ3n) is 5.59. The molecular weight excluding hydrogens is 422 g/mol. The van der Waals surface area contributed by atoms with Crippen molar-refractivity contribution < 1.29 is 14.4 Å². The fourth-order valence-electron chi connectivity index (χ4n) is 3.93. The van der Waals surface area contributed by atoms with Crippen LogP contribution in [0, 0.1) is 0 Å². The maximum atomic E-state index is 13.3. The van der Waals surface area contributed by atoms with Gasteiger partial charge in [-0.3, -0.25) is 14.4 Å². The van der Waals surface area contributed by atoms with Gasteiger partial charge in [-0.1, -0.05) is 30.3 Å². The van der Waals surface area contributed by atoms with Crippen molar-refractivity contribution in [3.05, 3.63) is 77.2 Å². The van der Waals surface area contributed by atoms with E-state index in [4.69, 9.17) is 0 Å². The summed E-state index contributed by atoms with van der Waals surface area (Å²) in [6, 6.07) is 18.5. The zero-order valence-corrected chi connectivity index (χ0v) is 18.9. The van der Waals surface area contributed by atoms with Gasteiger partial charge in [0.15, 0.2) is 0 Å². The Hall–Kier alpha value is -3.45. The Morgan fingerprint density at radius 1 is 1.06 bits per heavy atom. The molecule has 1 saturated heterocycles. The number of benzene rings is 2. The van der Waals surface area contributed by atoms with Crippen LogP contribution in [0.3, 0.4) is 0 Å². The molecule has 1 N–H and O–H groups in total. The first-order valence-electron chi connectivity index (χ1n) is 10.5. The monoisotopic (exact) mass is 447 g/mol. The highest BCUT2D eigenvalue weighted by molar-refractivity contribution is 7.13. The second-order valence-electron chi connectivity index (χ2n) is 7.91. The van der Waals surface area contributed by atoms with E-state index >= 15 is 0 Å². The number of rotatable bonds is 5. The highest BCUT2D eigenvalue weighted by atomic mass is 32.1. The van der Waals surface area contributed by atoms with Crippen LogP contribution in [-0.2, 0) is 16.0 Å². The number of piperazine rings is 1. The molecule has 2 aromatic carbocycles. The second kappa shape index (κ2) is 9.36. The second-order valence-corrected chi connectivity index (χ2v) is 8.86. The summed E-state index contributed by atoms with van der Waals surface area (Å²) in [7, 11) is 1.78. The quantitative estimate of drug-likeness (QED) is 0.645. The van der Waals surface area contributed by atoms with Gasteiger partial charge in [-0.05, 0) is 46.8 Å². The van der Waals surface area contributed by atoms with Crippen molar-refractivity contribution in [1.82, 2.24) is 9.80 Å². The first-order valence-corrected chi connectivity index (χ1v) is 11.4. The first kappa shape index (κ1) is 21.8. The summed E-state index contributed by atoms with van der Waals surface area (Å²) in [5.41, 5.74) is 3.25. The van der Waals surface area contributed by atoms with E-state index in [-0.39, 0.29) is 17.7 Å². The topological polar surface area (TPSA) is 69.7 Å². The average Bonchev–Trinajstić information content (AvgIpc) is 3.32. The number of amides is 3. The number of hydrogen-bond donors (Lipinski definition) is 1. The van der Waals surface area contributed by atoms with E-state index in [1.54, 1.807) is 52.4 Å². The maximum Gasteiger partial charge on any atom is 0.254 e. The molecule has 7 heteroatoms. The zero-order valence-electron chi connectivity index (χ0n) is 18.1. The maximum absolute atomic E-state index is 13.3. The SMILES string of the molecule is CC(=O)Nc1ccc(C(=O)N2CCN(C)C(=O)[C@H]2Cc2cccc(-c3cccs3)c2)cc1. The van der Waals surface area contributed by atoms with Gasteiger partial charge in [0.05, 0.1) is 0 Å². The van der Waals surface area contributed by atoms with E-state index in [1.165, 1.54) is 11.8 Å². The fourth-order valence-corrected chi connectivity index (χ4v) is 4.66. The molecule has 1 aliphatic rings. The van der Waals surface area contributed by atoms with E-state index in [0.29, 0.717) is 30.8 Å². The van der Waals surface area contributed by atoms with Crippen molar-refractivity contribution in [3.8, 4) is 10.4 Å². The Labute approximate surface area is 191 Å². The number of anilines is 1. The zero-order chi connectivity index (χ0) is 22.7. The molecule has 0 unspecified atom stereocenters. The highest BCUT2D eigenvalue weighted by Gasteiger charge is 2.36. The van der Waals surface area contributed by atoms with Crippen LogP contribution in [-0.4, -0.2) is 53.7 Å². The standard InChI is InChI=1S/C25H25N3O3S/c1-17(29)26-21-10-8-19(9-11-21)24(30)28-13-12-27(2)25(31)22(28)16-18-5-3-6-20(15-18)23-7-4-14-32-23/h3-11,14-15,22H,12-13,16H2,1-2H3,(H,26,29)/t22-/m1/s1. The number of carbonyl (C=O) groups excluding carboxylic acids is 3. The number of nitrogens with zero attached hydrogens (tertiary/aromatic N) is 2. The Balaban J connectivity index is 1.57. The lowest BCUT2D eigenvalue weighted by atomic mass is 9.98. The Kier molecular flexibility index (Phi) is 6.37. The van der Waals surface area contributed by atoms with Gasteiger partial charge in [-0.15, -0.1) is 11.3 Å². The predicted octanol–water partition coefficient (Wildman–Crippen LogP) is 3.90. The van der Waals surface area contributed by atoms with E-state index < -0.39 is 6.04 Å². The molecule has 6 nitrogen and oxygen atoms in total. The third kappa shape index (κ3) is 4.73. The molecule has 1 fully saturated rings. The molecule has 0 saturated carbocycles. The highest BCUT2D eigenvalue weighted by Crippen LogP contribution is 2.27. The smallest absolute Gasteiger partial charge is 0.254 e. The molecule has 0 bridgehead atoms. The lowest BCUT2D eigenvalue weighted by Gasteiger charge is -2.39. The molecule has 4 rings (SSSR count). The number of nitrogens with one attached hydrogen (secondary N) is 1. The van der Waals surface area contributed by atoms with Crippen LogP contribution in [0.25, 0.3) is 10.4 Å². The average molecular weight is 448 g/mol. The summed E-state index contributed by atoms with van der Waals surface area (Å²) < 4.78 is 0. The van der Waals surface area contributed by atoms with Crippen LogP contribution in [0.15, 0.2) is 66.0 Å². The molecule has 164 valence electrons. The lowest BCUT2D eigenvalue weighted by molar-refractivity contribution is -0.138. The van der Waals surface area contributed by atoms with Crippen LogP contribution < -0.4 is 5.32 Å². The molecule has 3 aromatic rings. The summed E-state index contributed by atoms with van der Waals surface area (Å²) in [5.74, 6) is -0.403. The van der Waals surface area contributed by atoms with Crippen molar-refractivity contribution >= 4 is 34.7 Å². The molecular formula is C25H25N3O3S. The Morgan fingerprint density at radius 2 is 1.84 bits per heavy atom. The Bertz CT molecular complexity index is 1130. The van der Waals surface area contributed by atoms with E-state index in [9.17, 15) is 14.4 Å². The molecule has 1 aliphatic heterocycles. The lowest BCUT2D eigenvalue weighted by Crippen LogP contribution is -2.58. The minimum Gasteiger partial charge on any atom is -0.342 e. The van der Waals surface area contributed by atoms with Gasteiger partial charge in [-0.25, -0.2) is 0 Å². The summed E-state index contributed by atoms with van der Waals surface area (Å²) in [5, 5.41) is 4.74. The minimum absolute atomic E-state index is 0.0546. The van der Waals surface area contributed by atoms with E-state index in [2.05, 4.69) is 23.5 Å². The summed E-state index contributed by atoms with van der Waals surface area (Å²) >= 11 is 1.67. The van der Waals surface area contributed by atoms with Crippen molar-refractivity contribution in [2.45, 2.75) is 19.4 Å². The van der Waals surface area contributed by atoms with Gasteiger partial charge < -0.3 is 15.1 Å². The van der Waals surface area contributed by atoms with Gasteiger partial charge in [0.2, 0.25) is 11.8 Å². The normalized spacial score (nSPS) is 16.2. The first-order chi connectivity index (χ1) is 15.4. The van der Waals surface area contributed by atoms with Crippen LogP contribution in [0.2, 0.25) is 0 Å². The molecule has 32 heavy (non-hydrogen) atoms. The Morgan fingerprint density at radius 3 is 2.53 bits per heavy atom. The van der Waals surface area contributed by atoms with Crippen LogP contribution in [0.1, 0.15) is 22.8 Å². The number of hydrogen-bond acceptors (Lipinski definition) is 4. The number of carbonyl (C=O) groups is 3. The van der Waals surface area contributed by atoms with Crippen LogP contribution in [0.4, 0.5) is 5.69 Å². The van der Waals surface area contributed by atoms with Gasteiger partial charge in [-0.2, -0.15) is 0 Å². The van der Waals surface area contributed by atoms with Crippen LogP contribution >= 0.6 is 11.3 Å². The molecule has 0 radical (unpaired) electrons. The summed E-state index contributed by atoms with van der Waals surface area (Å²) in [6.07, 6.45) is 0.456. The van der Waals surface area contributed by atoms with Crippen LogP contribution in [0.5, 0.6) is 0 Å².